The normalized spacial score (nSPS) is 18.4. The number of benzene rings is 3. The zero-order valence-corrected chi connectivity index (χ0v) is 20.9. The zero-order valence-electron chi connectivity index (χ0n) is 20.2. The number of ether oxygens (including phenoxy) is 2. The van der Waals surface area contributed by atoms with Gasteiger partial charge < -0.3 is 19.5 Å². The second-order valence-electron chi connectivity index (χ2n) is 8.55. The summed E-state index contributed by atoms with van der Waals surface area (Å²) in [5.41, 5.74) is 0.985. The van der Waals surface area contributed by atoms with Crippen LogP contribution in [0.1, 0.15) is 52.1 Å². The van der Waals surface area contributed by atoms with Crippen molar-refractivity contribution in [2.75, 3.05) is 18.6 Å². The van der Waals surface area contributed by atoms with Gasteiger partial charge in [-0.15, -0.1) is 0 Å². The van der Waals surface area contributed by atoms with Gasteiger partial charge in [0.25, 0.3) is 5.91 Å². The summed E-state index contributed by atoms with van der Waals surface area (Å²) in [5.74, 6) is -1.44. The number of anilines is 1. The van der Waals surface area contributed by atoms with E-state index in [0.717, 1.165) is 0 Å². The maximum Gasteiger partial charge on any atom is 0.338 e. The maximum absolute atomic E-state index is 13.8. The van der Waals surface area contributed by atoms with Crippen LogP contribution < -0.4 is 9.64 Å². The summed E-state index contributed by atoms with van der Waals surface area (Å²) in [6.07, 6.45) is -0.366. The third-order valence-electron chi connectivity index (χ3n) is 6.69. The van der Waals surface area contributed by atoms with Crippen molar-refractivity contribution >= 4 is 35.1 Å². The number of rotatable bonds is 7. The van der Waals surface area contributed by atoms with Crippen LogP contribution in [0, 0.1) is 0 Å². The van der Waals surface area contributed by atoms with Crippen molar-refractivity contribution in [2.24, 2.45) is 0 Å². The molecule has 0 saturated heterocycles. The largest absolute Gasteiger partial charge is 0.497 e. The maximum atomic E-state index is 13.8. The van der Waals surface area contributed by atoms with Crippen molar-refractivity contribution in [3.63, 3.8) is 0 Å². The molecule has 36 heavy (non-hydrogen) atoms. The van der Waals surface area contributed by atoms with E-state index in [1.165, 1.54) is 7.11 Å². The van der Waals surface area contributed by atoms with Crippen molar-refractivity contribution in [3.8, 4) is 5.75 Å². The van der Waals surface area contributed by atoms with Gasteiger partial charge in [-0.05, 0) is 73.5 Å². The number of esters is 1. The van der Waals surface area contributed by atoms with E-state index >= 15 is 0 Å². The fourth-order valence-electron chi connectivity index (χ4n) is 5.09. The average Bonchev–Trinajstić information content (AvgIpc) is 3.11. The first-order valence-electron chi connectivity index (χ1n) is 11.5. The van der Waals surface area contributed by atoms with E-state index in [2.05, 4.69) is 0 Å². The van der Waals surface area contributed by atoms with Crippen LogP contribution in [-0.4, -0.2) is 42.7 Å². The molecule has 1 amide bonds. The van der Waals surface area contributed by atoms with Gasteiger partial charge in [0.05, 0.1) is 31.1 Å². The van der Waals surface area contributed by atoms with Crippen LogP contribution >= 0.6 is 11.6 Å². The number of carbonyl (C=O) groups excluding carboxylic acids is 2. The lowest BCUT2D eigenvalue weighted by molar-refractivity contribution is -0.138. The number of hydrogen-bond donors (Lipinski definition) is 1. The quantitative estimate of drug-likeness (QED) is 0.434. The molecule has 3 aromatic carbocycles. The minimum atomic E-state index is -1.26. The Bertz CT molecular complexity index is 1320. The number of carboxylic acids is 1. The van der Waals surface area contributed by atoms with Crippen molar-refractivity contribution in [3.05, 3.63) is 94.0 Å². The highest BCUT2D eigenvalue weighted by molar-refractivity contribution is 6.30. The molecular weight excluding hydrogens is 482 g/mol. The van der Waals surface area contributed by atoms with Crippen molar-refractivity contribution in [1.82, 2.24) is 0 Å². The summed E-state index contributed by atoms with van der Waals surface area (Å²) >= 11 is 6.03. The molecule has 1 aliphatic rings. The predicted molar refractivity (Wildman–Crippen MR) is 136 cm³/mol. The number of carboxylic acid groups (broad SMARTS) is 1. The molecule has 3 aromatic rings. The standard InChI is InChI=1S/C28H26ClNO6/c1-4-36-27(34)21-7-5-6-8-22(21)28(16-25(31)32)17(2)30(24-14-13-20(35-3)15-23(24)28)26(33)18-9-11-19(29)12-10-18/h5-15,17H,4,16H2,1-3H3,(H,31,32). The molecule has 4 rings (SSSR count). The Hall–Kier alpha value is -3.84. The fraction of sp³-hybridized carbons (Fsp3) is 0.250. The second-order valence-corrected chi connectivity index (χ2v) is 8.99. The minimum Gasteiger partial charge on any atom is -0.497 e. The molecule has 1 N–H and O–H groups in total. The first-order chi connectivity index (χ1) is 17.2. The van der Waals surface area contributed by atoms with Crippen LogP contribution in [0.15, 0.2) is 66.7 Å². The average molecular weight is 508 g/mol. The van der Waals surface area contributed by atoms with Gasteiger partial charge in [-0.1, -0.05) is 29.8 Å². The molecule has 186 valence electrons. The summed E-state index contributed by atoms with van der Waals surface area (Å²) in [6, 6.07) is 17.9. The number of fused-ring (bicyclic) bond motifs is 1. The molecule has 0 bridgehead atoms. The Morgan fingerprint density at radius 2 is 1.72 bits per heavy atom. The van der Waals surface area contributed by atoms with Crippen LogP contribution in [-0.2, 0) is 14.9 Å². The highest BCUT2D eigenvalue weighted by Crippen LogP contribution is 2.53. The summed E-state index contributed by atoms with van der Waals surface area (Å²) in [4.78, 5) is 40.8. The first-order valence-corrected chi connectivity index (χ1v) is 11.9. The molecule has 0 fully saturated rings. The summed E-state index contributed by atoms with van der Waals surface area (Å²) in [7, 11) is 1.52. The Kier molecular flexibility index (Phi) is 7.04. The van der Waals surface area contributed by atoms with Crippen LogP contribution in [0.2, 0.25) is 5.02 Å². The number of hydrogen-bond acceptors (Lipinski definition) is 5. The molecule has 0 aromatic heterocycles. The molecule has 7 nitrogen and oxygen atoms in total. The third-order valence-corrected chi connectivity index (χ3v) is 6.94. The van der Waals surface area contributed by atoms with Gasteiger partial charge in [0.1, 0.15) is 5.75 Å². The van der Waals surface area contributed by atoms with E-state index in [4.69, 9.17) is 21.1 Å². The number of halogens is 1. The molecule has 0 radical (unpaired) electrons. The topological polar surface area (TPSA) is 93.1 Å². The van der Waals surface area contributed by atoms with Gasteiger partial charge in [0.2, 0.25) is 0 Å². The number of amides is 1. The minimum absolute atomic E-state index is 0.167. The lowest BCUT2D eigenvalue weighted by Gasteiger charge is -2.37. The molecular formula is C28H26ClNO6. The van der Waals surface area contributed by atoms with Crippen LogP contribution in [0.4, 0.5) is 5.69 Å². The van der Waals surface area contributed by atoms with Gasteiger partial charge in [-0.3, -0.25) is 9.59 Å². The smallest absolute Gasteiger partial charge is 0.338 e. The van der Waals surface area contributed by atoms with Crippen molar-refractivity contribution in [1.29, 1.82) is 0 Å². The van der Waals surface area contributed by atoms with E-state index < -0.39 is 23.4 Å². The second kappa shape index (κ2) is 10.0. The first kappa shape index (κ1) is 25.3. The number of aliphatic carboxylic acids is 1. The van der Waals surface area contributed by atoms with E-state index in [0.29, 0.717) is 33.1 Å². The predicted octanol–water partition coefficient (Wildman–Crippen LogP) is 5.34. The summed E-state index contributed by atoms with van der Waals surface area (Å²) in [6.45, 7) is 3.67. The number of carbonyl (C=O) groups is 3. The monoisotopic (exact) mass is 507 g/mol. The van der Waals surface area contributed by atoms with E-state index in [9.17, 15) is 19.5 Å². The fourth-order valence-corrected chi connectivity index (χ4v) is 5.21. The molecule has 2 atom stereocenters. The summed E-state index contributed by atoms with van der Waals surface area (Å²) < 4.78 is 10.8. The molecule has 1 heterocycles. The lowest BCUT2D eigenvalue weighted by Crippen LogP contribution is -2.48. The molecule has 1 aliphatic heterocycles. The molecule has 0 aliphatic carbocycles. The van der Waals surface area contributed by atoms with E-state index in [1.807, 2.05) is 0 Å². The van der Waals surface area contributed by atoms with Gasteiger partial charge in [0.15, 0.2) is 0 Å². The van der Waals surface area contributed by atoms with Crippen LogP contribution in [0.5, 0.6) is 5.75 Å². The van der Waals surface area contributed by atoms with Crippen LogP contribution in [0.25, 0.3) is 0 Å². The highest BCUT2D eigenvalue weighted by Gasteiger charge is 2.54. The Balaban J connectivity index is 2.01. The van der Waals surface area contributed by atoms with Crippen molar-refractivity contribution < 1.29 is 29.0 Å². The number of methoxy groups -OCH3 is 1. The third kappa shape index (κ3) is 4.20. The van der Waals surface area contributed by atoms with Crippen molar-refractivity contribution in [2.45, 2.75) is 31.7 Å². The molecule has 0 saturated carbocycles. The SMILES string of the molecule is CCOC(=O)c1ccccc1C1(CC(=O)O)c2cc(OC)ccc2N(C(=O)c2ccc(Cl)cc2)C1C. The molecule has 2 unspecified atom stereocenters. The van der Waals surface area contributed by atoms with Crippen LogP contribution in [0.3, 0.4) is 0 Å². The highest BCUT2D eigenvalue weighted by atomic mass is 35.5. The Morgan fingerprint density at radius 1 is 1.03 bits per heavy atom. The summed E-state index contributed by atoms with van der Waals surface area (Å²) in [5, 5.41) is 10.6. The van der Waals surface area contributed by atoms with Gasteiger partial charge in [-0.25, -0.2) is 4.79 Å². The number of nitrogens with zero attached hydrogens (tertiary/aromatic N) is 1. The van der Waals surface area contributed by atoms with Gasteiger partial charge in [0, 0.05) is 22.3 Å². The molecule has 8 heteroatoms. The Labute approximate surface area is 214 Å². The van der Waals surface area contributed by atoms with Gasteiger partial charge >= 0.3 is 11.9 Å². The zero-order chi connectivity index (χ0) is 26.0. The van der Waals surface area contributed by atoms with E-state index in [1.54, 1.807) is 85.5 Å². The lowest BCUT2D eigenvalue weighted by atomic mass is 9.67. The van der Waals surface area contributed by atoms with E-state index in [-0.39, 0.29) is 24.5 Å². The van der Waals surface area contributed by atoms with Gasteiger partial charge in [-0.2, -0.15) is 0 Å². The Morgan fingerprint density at radius 3 is 2.36 bits per heavy atom. The molecule has 0 spiro atoms.